The summed E-state index contributed by atoms with van der Waals surface area (Å²) in [6.45, 7) is 0.614. The van der Waals surface area contributed by atoms with Crippen LogP contribution in [0.3, 0.4) is 0 Å². The Morgan fingerprint density at radius 2 is 2.00 bits per heavy atom. The normalized spacial score (nSPS) is 24.0. The molecule has 1 heterocycles. The zero-order valence-corrected chi connectivity index (χ0v) is 13.6. The molecule has 0 spiro atoms. The Bertz CT molecular complexity index is 660. The highest BCUT2D eigenvalue weighted by atomic mass is 32.2. The lowest BCUT2D eigenvalue weighted by Crippen LogP contribution is -2.39. The summed E-state index contributed by atoms with van der Waals surface area (Å²) in [4.78, 5) is 0. The van der Waals surface area contributed by atoms with E-state index in [1.807, 2.05) is 18.2 Å². The molecule has 0 radical (unpaired) electrons. The predicted octanol–water partition coefficient (Wildman–Crippen LogP) is 2.72. The van der Waals surface area contributed by atoms with Gasteiger partial charge in [-0.2, -0.15) is 9.57 Å². The van der Waals surface area contributed by atoms with E-state index in [1.165, 1.54) is 5.56 Å². The molecule has 0 N–H and O–H groups in total. The number of hydrogen-bond donors (Lipinski definition) is 0. The Kier molecular flexibility index (Phi) is 4.24. The summed E-state index contributed by atoms with van der Waals surface area (Å²) in [5, 5.41) is 9.15. The third-order valence-corrected chi connectivity index (χ3v) is 6.95. The van der Waals surface area contributed by atoms with E-state index in [0.29, 0.717) is 6.54 Å². The maximum Gasteiger partial charge on any atom is 0.215 e. The van der Waals surface area contributed by atoms with Gasteiger partial charge in [0.2, 0.25) is 10.0 Å². The van der Waals surface area contributed by atoms with Crippen LogP contribution in [-0.2, 0) is 16.4 Å². The quantitative estimate of drug-likeness (QED) is 0.810. The number of nitriles is 1. The summed E-state index contributed by atoms with van der Waals surface area (Å²) >= 11 is 0. The van der Waals surface area contributed by atoms with Gasteiger partial charge < -0.3 is 0 Å². The average molecular weight is 318 g/mol. The monoisotopic (exact) mass is 318 g/mol. The van der Waals surface area contributed by atoms with Crippen molar-refractivity contribution in [2.75, 3.05) is 12.3 Å². The van der Waals surface area contributed by atoms with Crippen molar-refractivity contribution in [2.45, 2.75) is 44.6 Å². The van der Waals surface area contributed by atoms with Gasteiger partial charge in [-0.15, -0.1) is 0 Å². The van der Waals surface area contributed by atoms with Crippen LogP contribution in [0, 0.1) is 16.7 Å². The van der Waals surface area contributed by atoms with Crippen LogP contribution in [0.5, 0.6) is 0 Å². The summed E-state index contributed by atoms with van der Waals surface area (Å²) < 4.78 is 27.0. The van der Waals surface area contributed by atoms with Crippen molar-refractivity contribution in [3.05, 3.63) is 35.9 Å². The summed E-state index contributed by atoms with van der Waals surface area (Å²) in [7, 11) is -3.31. The van der Waals surface area contributed by atoms with E-state index in [9.17, 15) is 8.42 Å². The van der Waals surface area contributed by atoms with Gasteiger partial charge in [0.25, 0.3) is 0 Å². The van der Waals surface area contributed by atoms with Gasteiger partial charge in [0.05, 0.1) is 17.2 Å². The molecule has 3 rings (SSSR count). The molecule has 1 aromatic carbocycles. The standard InChI is InChI=1S/C17H22N2O2S/c18-13-17(10-11-17)14-22(20,21)19-12-4-7-16(19)9-8-15-5-2-1-3-6-15/h1-3,5-6,16H,4,7-12,14H2. The number of benzene rings is 1. The van der Waals surface area contributed by atoms with E-state index in [0.717, 1.165) is 38.5 Å². The van der Waals surface area contributed by atoms with Crippen molar-refractivity contribution >= 4 is 10.0 Å². The largest absolute Gasteiger partial charge is 0.215 e. The van der Waals surface area contributed by atoms with Crippen molar-refractivity contribution in [2.24, 2.45) is 5.41 Å². The van der Waals surface area contributed by atoms with Crippen LogP contribution in [0.1, 0.15) is 37.7 Å². The molecule has 118 valence electrons. The van der Waals surface area contributed by atoms with Gasteiger partial charge in [0.15, 0.2) is 0 Å². The van der Waals surface area contributed by atoms with E-state index in [4.69, 9.17) is 5.26 Å². The van der Waals surface area contributed by atoms with E-state index >= 15 is 0 Å². The lowest BCUT2D eigenvalue weighted by Gasteiger charge is -2.25. The average Bonchev–Trinajstić information content (AvgIpc) is 3.11. The molecule has 4 nitrogen and oxygen atoms in total. The van der Waals surface area contributed by atoms with Crippen molar-refractivity contribution in [1.29, 1.82) is 5.26 Å². The lowest BCUT2D eigenvalue weighted by atomic mass is 10.0. The zero-order valence-electron chi connectivity index (χ0n) is 12.7. The molecule has 0 amide bonds. The van der Waals surface area contributed by atoms with Gasteiger partial charge in [-0.05, 0) is 44.1 Å². The first-order valence-electron chi connectivity index (χ1n) is 7.99. The zero-order chi connectivity index (χ0) is 15.6. The van der Waals surface area contributed by atoms with Crippen LogP contribution in [-0.4, -0.2) is 31.1 Å². The number of hydrogen-bond acceptors (Lipinski definition) is 3. The molecule has 1 aliphatic heterocycles. The van der Waals surface area contributed by atoms with Crippen LogP contribution in [0.25, 0.3) is 0 Å². The molecule has 1 aromatic rings. The SMILES string of the molecule is N#CC1(CS(=O)(=O)N2CCCC2CCc2ccccc2)CC1. The maximum atomic E-state index is 12.6. The minimum Gasteiger partial charge on any atom is -0.212 e. The van der Waals surface area contributed by atoms with E-state index in [2.05, 4.69) is 18.2 Å². The molecular weight excluding hydrogens is 296 g/mol. The molecule has 2 fully saturated rings. The molecule has 1 unspecified atom stereocenters. The van der Waals surface area contributed by atoms with E-state index in [-0.39, 0.29) is 11.8 Å². The summed E-state index contributed by atoms with van der Waals surface area (Å²) in [6.07, 6.45) is 5.09. The molecule has 1 saturated heterocycles. The Morgan fingerprint density at radius 3 is 2.64 bits per heavy atom. The molecule has 1 saturated carbocycles. The first kappa shape index (κ1) is 15.5. The van der Waals surface area contributed by atoms with Gasteiger partial charge in [0, 0.05) is 12.6 Å². The molecular formula is C17H22N2O2S. The molecule has 0 aromatic heterocycles. The Labute approximate surface area is 132 Å². The van der Waals surface area contributed by atoms with E-state index < -0.39 is 15.4 Å². The van der Waals surface area contributed by atoms with Crippen LogP contribution in [0.15, 0.2) is 30.3 Å². The second-order valence-corrected chi connectivity index (χ2v) is 8.50. The van der Waals surface area contributed by atoms with Crippen molar-refractivity contribution in [1.82, 2.24) is 4.31 Å². The second-order valence-electron chi connectivity index (χ2n) is 6.58. The van der Waals surface area contributed by atoms with Gasteiger partial charge in [-0.1, -0.05) is 30.3 Å². The third-order valence-electron chi connectivity index (χ3n) is 4.84. The minimum atomic E-state index is -3.31. The number of rotatable bonds is 6. The second kappa shape index (κ2) is 6.02. The van der Waals surface area contributed by atoms with Crippen molar-refractivity contribution < 1.29 is 8.42 Å². The van der Waals surface area contributed by atoms with Gasteiger partial charge in [-0.25, -0.2) is 8.42 Å². The summed E-state index contributed by atoms with van der Waals surface area (Å²) in [6, 6.07) is 12.5. The van der Waals surface area contributed by atoms with Crippen LogP contribution < -0.4 is 0 Å². The molecule has 22 heavy (non-hydrogen) atoms. The van der Waals surface area contributed by atoms with Crippen LogP contribution in [0.2, 0.25) is 0 Å². The van der Waals surface area contributed by atoms with Gasteiger partial charge in [-0.3, -0.25) is 0 Å². The maximum absolute atomic E-state index is 12.6. The molecule has 2 aliphatic rings. The smallest absolute Gasteiger partial charge is 0.212 e. The minimum absolute atomic E-state index is 0.0122. The first-order chi connectivity index (χ1) is 10.5. The number of aryl methyl sites for hydroxylation is 1. The third kappa shape index (κ3) is 3.34. The fourth-order valence-electron chi connectivity index (χ4n) is 3.31. The highest BCUT2D eigenvalue weighted by Gasteiger charge is 2.49. The highest BCUT2D eigenvalue weighted by Crippen LogP contribution is 2.46. The number of nitrogens with zero attached hydrogens (tertiary/aromatic N) is 2. The summed E-state index contributed by atoms with van der Waals surface area (Å²) in [5.74, 6) is 0.0122. The molecule has 0 bridgehead atoms. The fraction of sp³-hybridized carbons (Fsp3) is 0.588. The fourth-order valence-corrected chi connectivity index (χ4v) is 5.60. The van der Waals surface area contributed by atoms with Crippen LogP contribution >= 0.6 is 0 Å². The molecule has 1 aliphatic carbocycles. The number of sulfonamides is 1. The molecule has 5 heteroatoms. The Morgan fingerprint density at radius 1 is 1.27 bits per heavy atom. The predicted molar refractivity (Wildman–Crippen MR) is 85.6 cm³/mol. The van der Waals surface area contributed by atoms with Crippen molar-refractivity contribution in [3.63, 3.8) is 0 Å². The van der Waals surface area contributed by atoms with Crippen molar-refractivity contribution in [3.8, 4) is 6.07 Å². The van der Waals surface area contributed by atoms with Gasteiger partial charge >= 0.3 is 0 Å². The Hall–Kier alpha value is -1.38. The topological polar surface area (TPSA) is 61.2 Å². The summed E-state index contributed by atoms with van der Waals surface area (Å²) in [5.41, 5.74) is 0.660. The first-order valence-corrected chi connectivity index (χ1v) is 9.60. The molecule has 1 atom stereocenters. The Balaban J connectivity index is 1.64. The van der Waals surface area contributed by atoms with E-state index in [1.54, 1.807) is 4.31 Å². The highest BCUT2D eigenvalue weighted by molar-refractivity contribution is 7.89. The lowest BCUT2D eigenvalue weighted by molar-refractivity contribution is 0.368. The van der Waals surface area contributed by atoms with Crippen LogP contribution in [0.4, 0.5) is 0 Å². The van der Waals surface area contributed by atoms with Gasteiger partial charge in [0.1, 0.15) is 0 Å².